The van der Waals surface area contributed by atoms with Crippen LogP contribution in [0, 0.1) is 19.7 Å². The van der Waals surface area contributed by atoms with Crippen molar-refractivity contribution in [2.45, 2.75) is 13.8 Å². The molecule has 0 fully saturated rings. The van der Waals surface area contributed by atoms with Crippen molar-refractivity contribution in [2.75, 3.05) is 5.32 Å². The van der Waals surface area contributed by atoms with Crippen molar-refractivity contribution in [1.82, 2.24) is 9.97 Å². The Morgan fingerprint density at radius 1 is 1.21 bits per heavy atom. The van der Waals surface area contributed by atoms with Gasteiger partial charge in [0.15, 0.2) is 0 Å². The number of hydrogen-bond donors (Lipinski definition) is 1. The highest BCUT2D eigenvalue weighted by Crippen LogP contribution is 2.19. The fourth-order valence-electron chi connectivity index (χ4n) is 1.62. The monoisotopic (exact) mass is 323 g/mol. The average molecular weight is 324 g/mol. The second kappa shape index (κ2) is 5.44. The maximum Gasteiger partial charge on any atom is 0.259 e. The Balaban J connectivity index is 2.25. The van der Waals surface area contributed by atoms with Crippen molar-refractivity contribution in [3.63, 3.8) is 0 Å². The van der Waals surface area contributed by atoms with Gasteiger partial charge in [-0.15, -0.1) is 0 Å². The average Bonchev–Trinajstić information content (AvgIpc) is 2.26. The van der Waals surface area contributed by atoms with Crippen LogP contribution in [0.2, 0.25) is 0 Å². The highest BCUT2D eigenvalue weighted by Gasteiger charge is 2.12. The Labute approximate surface area is 118 Å². The first-order valence-corrected chi connectivity index (χ1v) is 6.33. The van der Waals surface area contributed by atoms with E-state index in [2.05, 4.69) is 31.2 Å². The number of carbonyl (C=O) groups excluding carboxylic acids is 1. The number of benzene rings is 1. The maximum absolute atomic E-state index is 13.0. The third-order valence-electron chi connectivity index (χ3n) is 2.38. The second-order valence-electron chi connectivity index (χ2n) is 4.05. The molecule has 0 aliphatic heterocycles. The lowest BCUT2D eigenvalue weighted by molar-refractivity contribution is 0.102. The Kier molecular flexibility index (Phi) is 3.90. The highest BCUT2D eigenvalue weighted by atomic mass is 79.9. The van der Waals surface area contributed by atoms with Crippen LogP contribution >= 0.6 is 15.9 Å². The predicted octanol–water partition coefficient (Wildman–Crippen LogP) is 3.25. The zero-order valence-corrected chi connectivity index (χ0v) is 12.0. The summed E-state index contributed by atoms with van der Waals surface area (Å²) in [6.45, 7) is 3.64. The van der Waals surface area contributed by atoms with Gasteiger partial charge in [-0.1, -0.05) is 0 Å². The van der Waals surface area contributed by atoms with Crippen LogP contribution in [-0.2, 0) is 0 Å². The van der Waals surface area contributed by atoms with E-state index in [0.717, 1.165) is 11.4 Å². The maximum atomic E-state index is 13.0. The highest BCUT2D eigenvalue weighted by molar-refractivity contribution is 9.10. The van der Waals surface area contributed by atoms with Crippen LogP contribution in [0.4, 0.5) is 10.3 Å². The van der Waals surface area contributed by atoms with Gasteiger partial charge in [0, 0.05) is 15.9 Å². The van der Waals surface area contributed by atoms with Gasteiger partial charge in [-0.05, 0) is 54.0 Å². The summed E-state index contributed by atoms with van der Waals surface area (Å²) in [6.07, 6.45) is 0. The Bertz CT molecular complexity index is 626. The Hall–Kier alpha value is -1.82. The molecule has 0 bridgehead atoms. The fourth-order valence-corrected chi connectivity index (χ4v) is 2.16. The number of nitrogens with zero attached hydrogens (tertiary/aromatic N) is 2. The molecule has 1 heterocycles. The minimum atomic E-state index is -0.411. The number of amides is 1. The number of carbonyl (C=O) groups is 1. The van der Waals surface area contributed by atoms with Crippen LogP contribution in [0.15, 0.2) is 28.7 Å². The van der Waals surface area contributed by atoms with Crippen molar-refractivity contribution in [3.8, 4) is 0 Å². The normalized spacial score (nSPS) is 10.3. The molecule has 1 aromatic heterocycles. The molecule has 19 heavy (non-hydrogen) atoms. The molecule has 6 heteroatoms. The minimum absolute atomic E-state index is 0.235. The lowest BCUT2D eigenvalue weighted by atomic mass is 10.2. The standard InChI is InChI=1S/C13H11BrFN3O/c1-7-5-8(2)17-13(16-7)18-12(19)10-4-3-9(15)6-11(10)14/h3-6H,1-2H3,(H,16,17,18,19). The molecule has 1 aromatic carbocycles. The van der Waals surface area contributed by atoms with Crippen molar-refractivity contribution < 1.29 is 9.18 Å². The van der Waals surface area contributed by atoms with E-state index in [9.17, 15) is 9.18 Å². The van der Waals surface area contributed by atoms with E-state index < -0.39 is 11.7 Å². The van der Waals surface area contributed by atoms with Gasteiger partial charge in [-0.25, -0.2) is 14.4 Å². The zero-order valence-electron chi connectivity index (χ0n) is 10.4. The zero-order chi connectivity index (χ0) is 14.0. The van der Waals surface area contributed by atoms with E-state index in [1.54, 1.807) is 0 Å². The van der Waals surface area contributed by atoms with Crippen molar-refractivity contribution in [2.24, 2.45) is 0 Å². The van der Waals surface area contributed by atoms with Gasteiger partial charge in [-0.3, -0.25) is 10.1 Å². The van der Waals surface area contributed by atoms with Crippen molar-refractivity contribution in [3.05, 3.63) is 51.5 Å². The van der Waals surface area contributed by atoms with Gasteiger partial charge in [0.2, 0.25) is 5.95 Å². The summed E-state index contributed by atoms with van der Waals surface area (Å²) in [4.78, 5) is 20.3. The molecule has 0 atom stereocenters. The summed E-state index contributed by atoms with van der Waals surface area (Å²) < 4.78 is 13.3. The van der Waals surface area contributed by atoms with Crippen LogP contribution < -0.4 is 5.32 Å². The first-order valence-electron chi connectivity index (χ1n) is 5.54. The molecule has 4 nitrogen and oxygen atoms in total. The van der Waals surface area contributed by atoms with E-state index in [1.165, 1.54) is 18.2 Å². The summed E-state index contributed by atoms with van der Waals surface area (Å²) in [5.74, 6) is -0.568. The summed E-state index contributed by atoms with van der Waals surface area (Å²) in [7, 11) is 0. The fraction of sp³-hybridized carbons (Fsp3) is 0.154. The van der Waals surface area contributed by atoms with Gasteiger partial charge in [0.1, 0.15) is 5.82 Å². The molecule has 0 aliphatic rings. The largest absolute Gasteiger partial charge is 0.290 e. The quantitative estimate of drug-likeness (QED) is 0.923. The van der Waals surface area contributed by atoms with E-state index in [1.807, 2.05) is 19.9 Å². The number of anilines is 1. The molecule has 2 rings (SSSR count). The molecule has 0 saturated heterocycles. The van der Waals surface area contributed by atoms with Crippen LogP contribution in [-0.4, -0.2) is 15.9 Å². The van der Waals surface area contributed by atoms with Gasteiger partial charge < -0.3 is 0 Å². The Morgan fingerprint density at radius 3 is 2.42 bits per heavy atom. The number of halogens is 2. The van der Waals surface area contributed by atoms with Crippen LogP contribution in [0.25, 0.3) is 0 Å². The lowest BCUT2D eigenvalue weighted by Crippen LogP contribution is -2.15. The van der Waals surface area contributed by atoms with Gasteiger partial charge in [0.25, 0.3) is 5.91 Å². The first-order chi connectivity index (χ1) is 8.95. The second-order valence-corrected chi connectivity index (χ2v) is 4.91. The molecule has 0 radical (unpaired) electrons. The molecule has 0 unspecified atom stereocenters. The number of nitrogens with one attached hydrogen (secondary N) is 1. The summed E-state index contributed by atoms with van der Waals surface area (Å²) in [5.41, 5.74) is 1.85. The molecular weight excluding hydrogens is 313 g/mol. The molecule has 98 valence electrons. The van der Waals surface area contributed by atoms with Gasteiger partial charge in [-0.2, -0.15) is 0 Å². The topological polar surface area (TPSA) is 54.9 Å². The number of rotatable bonds is 2. The third kappa shape index (κ3) is 3.35. The minimum Gasteiger partial charge on any atom is -0.290 e. The summed E-state index contributed by atoms with van der Waals surface area (Å²) in [5, 5.41) is 2.59. The van der Waals surface area contributed by atoms with Gasteiger partial charge >= 0.3 is 0 Å². The summed E-state index contributed by atoms with van der Waals surface area (Å²) >= 11 is 3.15. The molecule has 0 spiro atoms. The van der Waals surface area contributed by atoms with Crippen molar-refractivity contribution >= 4 is 27.8 Å². The van der Waals surface area contributed by atoms with Crippen molar-refractivity contribution in [1.29, 1.82) is 0 Å². The van der Waals surface area contributed by atoms with E-state index >= 15 is 0 Å². The van der Waals surface area contributed by atoms with Gasteiger partial charge in [0.05, 0.1) is 5.56 Å². The Morgan fingerprint density at radius 2 is 1.84 bits per heavy atom. The summed E-state index contributed by atoms with van der Waals surface area (Å²) in [6, 6.07) is 5.67. The number of aryl methyl sites for hydroxylation is 2. The van der Waals surface area contributed by atoms with Crippen LogP contribution in [0.3, 0.4) is 0 Å². The predicted molar refractivity (Wildman–Crippen MR) is 73.6 cm³/mol. The molecule has 2 aromatic rings. The van der Waals surface area contributed by atoms with E-state index in [4.69, 9.17) is 0 Å². The molecule has 1 N–H and O–H groups in total. The number of aromatic nitrogens is 2. The lowest BCUT2D eigenvalue weighted by Gasteiger charge is -2.07. The molecule has 0 aliphatic carbocycles. The van der Waals surface area contributed by atoms with Crippen LogP contribution in [0.1, 0.15) is 21.7 Å². The first kappa shape index (κ1) is 13.6. The van der Waals surface area contributed by atoms with E-state index in [0.29, 0.717) is 10.0 Å². The third-order valence-corrected chi connectivity index (χ3v) is 3.04. The molecular formula is C13H11BrFN3O. The van der Waals surface area contributed by atoms with E-state index in [-0.39, 0.29) is 5.95 Å². The van der Waals surface area contributed by atoms with Crippen LogP contribution in [0.5, 0.6) is 0 Å². The number of hydrogen-bond acceptors (Lipinski definition) is 3. The molecule has 0 saturated carbocycles. The SMILES string of the molecule is Cc1cc(C)nc(NC(=O)c2ccc(F)cc2Br)n1. The molecule has 1 amide bonds. The smallest absolute Gasteiger partial charge is 0.259 e.